The van der Waals surface area contributed by atoms with Crippen molar-refractivity contribution in [2.24, 2.45) is 0 Å². The van der Waals surface area contributed by atoms with Crippen LogP contribution in [0.5, 0.6) is 5.75 Å². The molecule has 1 heterocycles. The molecule has 0 saturated heterocycles. The Morgan fingerprint density at radius 1 is 1.17 bits per heavy atom. The normalized spacial score (nSPS) is 11.6. The van der Waals surface area contributed by atoms with Crippen molar-refractivity contribution in [3.63, 3.8) is 0 Å². The second kappa shape index (κ2) is 8.10. The number of aromatic carboxylic acids is 1. The molecule has 2 N–H and O–H groups in total. The lowest BCUT2D eigenvalue weighted by atomic mass is 10.1. The molecular formula is C18H20N2O4. The molecule has 2 aromatic rings. The van der Waals surface area contributed by atoms with Crippen LogP contribution in [0, 0.1) is 0 Å². The number of methoxy groups -OCH3 is 1. The summed E-state index contributed by atoms with van der Waals surface area (Å²) in [4.78, 5) is 26.9. The number of hydrogen-bond acceptors (Lipinski definition) is 4. The number of carboxylic acids is 1. The highest BCUT2D eigenvalue weighted by molar-refractivity contribution is 5.94. The number of hydrogen-bond donors (Lipinski definition) is 2. The number of aryl methyl sites for hydroxylation is 1. The Morgan fingerprint density at radius 3 is 2.46 bits per heavy atom. The summed E-state index contributed by atoms with van der Waals surface area (Å²) in [6, 6.07) is 12.1. The minimum absolute atomic E-state index is 0.0603. The van der Waals surface area contributed by atoms with Crippen molar-refractivity contribution in [1.29, 1.82) is 0 Å². The summed E-state index contributed by atoms with van der Waals surface area (Å²) >= 11 is 0. The Kier molecular flexibility index (Phi) is 5.89. The van der Waals surface area contributed by atoms with Crippen LogP contribution in [-0.2, 0) is 6.42 Å². The zero-order valence-corrected chi connectivity index (χ0v) is 13.7. The molecule has 1 aromatic heterocycles. The quantitative estimate of drug-likeness (QED) is 0.815. The second-order valence-corrected chi connectivity index (χ2v) is 5.47. The lowest BCUT2D eigenvalue weighted by Gasteiger charge is -2.14. The molecule has 6 heteroatoms. The molecule has 0 saturated carbocycles. The SMILES string of the molecule is COc1ccc(CCC(C)NC(=O)c2cccc(C(=O)O)n2)cc1. The lowest BCUT2D eigenvalue weighted by Crippen LogP contribution is -2.33. The molecule has 0 bridgehead atoms. The summed E-state index contributed by atoms with van der Waals surface area (Å²) in [5.74, 6) is -0.720. The van der Waals surface area contributed by atoms with Crippen LogP contribution in [0.15, 0.2) is 42.5 Å². The highest BCUT2D eigenvalue weighted by atomic mass is 16.5. The van der Waals surface area contributed by atoms with E-state index < -0.39 is 5.97 Å². The van der Waals surface area contributed by atoms with Gasteiger partial charge in [-0.3, -0.25) is 4.79 Å². The van der Waals surface area contributed by atoms with E-state index in [1.54, 1.807) is 7.11 Å². The number of aromatic nitrogens is 1. The summed E-state index contributed by atoms with van der Waals surface area (Å²) in [5, 5.41) is 11.8. The van der Waals surface area contributed by atoms with Gasteiger partial charge in [0.2, 0.25) is 0 Å². The number of amides is 1. The number of nitrogens with zero attached hydrogens (tertiary/aromatic N) is 1. The van der Waals surface area contributed by atoms with Gasteiger partial charge in [-0.25, -0.2) is 9.78 Å². The lowest BCUT2D eigenvalue weighted by molar-refractivity contribution is 0.0690. The van der Waals surface area contributed by atoms with Gasteiger partial charge in [-0.05, 0) is 49.6 Å². The van der Waals surface area contributed by atoms with Gasteiger partial charge < -0.3 is 15.2 Å². The standard InChI is InChI=1S/C18H20N2O4/c1-12(6-7-13-8-10-14(24-2)11-9-13)19-17(21)15-4-3-5-16(20-15)18(22)23/h3-5,8-12H,6-7H2,1-2H3,(H,19,21)(H,22,23). The van der Waals surface area contributed by atoms with Crippen LogP contribution in [0.1, 0.15) is 39.9 Å². The first-order valence-electron chi connectivity index (χ1n) is 7.63. The predicted octanol–water partition coefficient (Wildman–Crippen LogP) is 2.54. The average Bonchev–Trinajstić information content (AvgIpc) is 2.60. The number of pyridine rings is 1. The predicted molar refractivity (Wildman–Crippen MR) is 89.4 cm³/mol. The average molecular weight is 328 g/mol. The summed E-state index contributed by atoms with van der Waals surface area (Å²) in [7, 11) is 1.62. The Balaban J connectivity index is 1.89. The number of rotatable bonds is 7. The highest BCUT2D eigenvalue weighted by Gasteiger charge is 2.13. The van der Waals surface area contributed by atoms with Crippen LogP contribution in [0.4, 0.5) is 0 Å². The van der Waals surface area contributed by atoms with E-state index in [2.05, 4.69) is 10.3 Å². The van der Waals surface area contributed by atoms with E-state index in [0.29, 0.717) is 0 Å². The van der Waals surface area contributed by atoms with E-state index >= 15 is 0 Å². The van der Waals surface area contributed by atoms with Gasteiger partial charge in [0.1, 0.15) is 17.1 Å². The molecule has 0 aliphatic carbocycles. The van der Waals surface area contributed by atoms with E-state index in [4.69, 9.17) is 9.84 Å². The number of nitrogens with one attached hydrogen (secondary N) is 1. The first kappa shape index (κ1) is 17.5. The number of carbonyl (C=O) groups is 2. The fourth-order valence-corrected chi connectivity index (χ4v) is 2.23. The maximum atomic E-state index is 12.1. The Morgan fingerprint density at radius 2 is 1.83 bits per heavy atom. The number of carboxylic acid groups (broad SMARTS) is 1. The smallest absolute Gasteiger partial charge is 0.354 e. The van der Waals surface area contributed by atoms with Crippen molar-refractivity contribution in [1.82, 2.24) is 10.3 Å². The fraction of sp³-hybridized carbons (Fsp3) is 0.278. The third-order valence-corrected chi connectivity index (χ3v) is 3.60. The molecule has 0 aliphatic heterocycles. The molecule has 2 rings (SSSR count). The van der Waals surface area contributed by atoms with Gasteiger partial charge in [0.25, 0.3) is 5.91 Å². The van der Waals surface area contributed by atoms with Gasteiger partial charge in [-0.15, -0.1) is 0 Å². The molecule has 6 nitrogen and oxygen atoms in total. The minimum atomic E-state index is -1.16. The maximum Gasteiger partial charge on any atom is 0.354 e. The Labute approximate surface area is 140 Å². The van der Waals surface area contributed by atoms with Crippen molar-refractivity contribution in [3.8, 4) is 5.75 Å². The molecule has 24 heavy (non-hydrogen) atoms. The van der Waals surface area contributed by atoms with Crippen molar-refractivity contribution >= 4 is 11.9 Å². The van der Waals surface area contributed by atoms with Crippen molar-refractivity contribution in [2.45, 2.75) is 25.8 Å². The monoisotopic (exact) mass is 328 g/mol. The Bertz CT molecular complexity index is 713. The van der Waals surface area contributed by atoms with E-state index in [-0.39, 0.29) is 23.3 Å². The van der Waals surface area contributed by atoms with Crippen LogP contribution in [0.2, 0.25) is 0 Å². The first-order chi connectivity index (χ1) is 11.5. The highest BCUT2D eigenvalue weighted by Crippen LogP contribution is 2.13. The first-order valence-corrected chi connectivity index (χ1v) is 7.63. The van der Waals surface area contributed by atoms with E-state index in [9.17, 15) is 9.59 Å². The van der Waals surface area contributed by atoms with Gasteiger partial charge in [0.05, 0.1) is 7.11 Å². The maximum absolute atomic E-state index is 12.1. The molecule has 126 valence electrons. The van der Waals surface area contributed by atoms with E-state index in [0.717, 1.165) is 24.2 Å². The van der Waals surface area contributed by atoms with Crippen LogP contribution < -0.4 is 10.1 Å². The minimum Gasteiger partial charge on any atom is -0.497 e. The number of carbonyl (C=O) groups excluding carboxylic acids is 1. The molecule has 0 fully saturated rings. The van der Waals surface area contributed by atoms with E-state index in [1.165, 1.54) is 18.2 Å². The van der Waals surface area contributed by atoms with Crippen LogP contribution in [-0.4, -0.2) is 35.1 Å². The third kappa shape index (κ3) is 4.81. The van der Waals surface area contributed by atoms with Crippen molar-refractivity contribution in [2.75, 3.05) is 7.11 Å². The zero-order valence-electron chi connectivity index (χ0n) is 13.7. The fourth-order valence-electron chi connectivity index (χ4n) is 2.23. The van der Waals surface area contributed by atoms with Gasteiger partial charge in [0.15, 0.2) is 0 Å². The van der Waals surface area contributed by atoms with E-state index in [1.807, 2.05) is 31.2 Å². The van der Waals surface area contributed by atoms with Crippen LogP contribution >= 0.6 is 0 Å². The molecule has 0 radical (unpaired) electrons. The molecule has 1 atom stereocenters. The van der Waals surface area contributed by atoms with Gasteiger partial charge >= 0.3 is 5.97 Å². The van der Waals surface area contributed by atoms with Gasteiger partial charge in [0, 0.05) is 6.04 Å². The number of benzene rings is 1. The number of ether oxygens (including phenoxy) is 1. The summed E-state index contributed by atoms with van der Waals surface area (Å²) < 4.78 is 5.12. The van der Waals surface area contributed by atoms with Gasteiger partial charge in [-0.1, -0.05) is 18.2 Å². The molecule has 0 aliphatic rings. The zero-order chi connectivity index (χ0) is 17.5. The topological polar surface area (TPSA) is 88.5 Å². The third-order valence-electron chi connectivity index (χ3n) is 3.60. The molecule has 1 unspecified atom stereocenters. The largest absolute Gasteiger partial charge is 0.497 e. The van der Waals surface area contributed by atoms with Gasteiger partial charge in [-0.2, -0.15) is 0 Å². The molecule has 1 aromatic carbocycles. The molecular weight excluding hydrogens is 308 g/mol. The van der Waals surface area contributed by atoms with Crippen LogP contribution in [0.3, 0.4) is 0 Å². The van der Waals surface area contributed by atoms with Crippen molar-refractivity contribution in [3.05, 3.63) is 59.4 Å². The summed E-state index contributed by atoms with van der Waals surface area (Å²) in [5.41, 5.74) is 1.11. The Hall–Kier alpha value is -2.89. The summed E-state index contributed by atoms with van der Waals surface area (Å²) in [6.45, 7) is 1.91. The molecule has 0 spiro atoms. The van der Waals surface area contributed by atoms with Crippen LogP contribution in [0.25, 0.3) is 0 Å². The molecule has 1 amide bonds. The summed E-state index contributed by atoms with van der Waals surface area (Å²) in [6.07, 6.45) is 1.57. The second-order valence-electron chi connectivity index (χ2n) is 5.47. The van der Waals surface area contributed by atoms with Crippen molar-refractivity contribution < 1.29 is 19.4 Å².